The minimum absolute atomic E-state index is 0.0597. The number of aliphatic hydroxyl groups excluding tert-OH is 1. The Labute approximate surface area is 82.2 Å². The van der Waals surface area contributed by atoms with Crippen LogP contribution in [0.15, 0.2) is 30.3 Å². The fourth-order valence-electron chi connectivity index (χ4n) is 1.04. The summed E-state index contributed by atoms with van der Waals surface area (Å²) in [6.07, 6.45) is -1.33. The van der Waals surface area contributed by atoms with Gasteiger partial charge < -0.3 is 15.5 Å². The molecule has 0 saturated carbocycles. The summed E-state index contributed by atoms with van der Waals surface area (Å²) in [5, 5.41) is 20.2. The maximum atomic E-state index is 10.3. The van der Waals surface area contributed by atoms with Crippen molar-refractivity contribution in [1.29, 1.82) is 0 Å². The molecule has 0 aliphatic carbocycles. The van der Waals surface area contributed by atoms with E-state index < -0.39 is 12.1 Å². The largest absolute Gasteiger partial charge is 0.479 e. The molecule has 0 aliphatic heterocycles. The third kappa shape index (κ3) is 3.55. The lowest BCUT2D eigenvalue weighted by atomic mass is 10.2. The zero-order valence-electron chi connectivity index (χ0n) is 7.68. The molecule has 0 unspecified atom stereocenters. The number of nitrogens with one attached hydrogen (secondary N) is 1. The topological polar surface area (TPSA) is 69.6 Å². The number of hydrogen-bond donors (Lipinski definition) is 3. The number of aliphatic hydroxyl groups is 1. The Morgan fingerprint density at radius 1 is 1.36 bits per heavy atom. The van der Waals surface area contributed by atoms with Crippen molar-refractivity contribution in [1.82, 2.24) is 5.32 Å². The molecule has 4 nitrogen and oxygen atoms in total. The van der Waals surface area contributed by atoms with Gasteiger partial charge >= 0.3 is 5.97 Å². The second-order valence-electron chi connectivity index (χ2n) is 2.97. The van der Waals surface area contributed by atoms with Crippen LogP contribution in [0.4, 0.5) is 0 Å². The van der Waals surface area contributed by atoms with Crippen LogP contribution in [-0.4, -0.2) is 28.8 Å². The SMILES string of the molecule is O=C(O)[C@@H](O)CNCc1ccccc1. The van der Waals surface area contributed by atoms with Crippen molar-refractivity contribution in [2.75, 3.05) is 6.54 Å². The Kier molecular flexibility index (Phi) is 4.10. The first-order valence-corrected chi connectivity index (χ1v) is 4.35. The molecule has 76 valence electrons. The lowest BCUT2D eigenvalue weighted by Gasteiger charge is -2.07. The second-order valence-corrected chi connectivity index (χ2v) is 2.97. The molecule has 1 atom stereocenters. The smallest absolute Gasteiger partial charge is 0.333 e. The molecule has 14 heavy (non-hydrogen) atoms. The van der Waals surface area contributed by atoms with Gasteiger partial charge in [0.15, 0.2) is 6.10 Å². The van der Waals surface area contributed by atoms with Crippen molar-refractivity contribution in [2.24, 2.45) is 0 Å². The molecule has 3 N–H and O–H groups in total. The van der Waals surface area contributed by atoms with Gasteiger partial charge in [-0.15, -0.1) is 0 Å². The van der Waals surface area contributed by atoms with E-state index in [0.29, 0.717) is 6.54 Å². The molecule has 1 rings (SSSR count). The summed E-state index contributed by atoms with van der Waals surface area (Å²) in [7, 11) is 0. The average molecular weight is 195 g/mol. The van der Waals surface area contributed by atoms with E-state index in [1.54, 1.807) is 0 Å². The van der Waals surface area contributed by atoms with Crippen molar-refractivity contribution in [3.05, 3.63) is 35.9 Å². The number of benzene rings is 1. The van der Waals surface area contributed by atoms with Crippen LogP contribution in [0.25, 0.3) is 0 Å². The number of carboxylic acid groups (broad SMARTS) is 1. The van der Waals surface area contributed by atoms with E-state index in [9.17, 15) is 4.79 Å². The van der Waals surface area contributed by atoms with E-state index in [1.807, 2.05) is 30.3 Å². The third-order valence-corrected chi connectivity index (χ3v) is 1.79. The summed E-state index contributed by atoms with van der Waals surface area (Å²) < 4.78 is 0. The molecular weight excluding hydrogens is 182 g/mol. The minimum Gasteiger partial charge on any atom is -0.479 e. The lowest BCUT2D eigenvalue weighted by Crippen LogP contribution is -2.32. The first-order valence-electron chi connectivity index (χ1n) is 4.35. The van der Waals surface area contributed by atoms with Gasteiger partial charge in [0.05, 0.1) is 0 Å². The van der Waals surface area contributed by atoms with Gasteiger partial charge in [-0.1, -0.05) is 30.3 Å². The summed E-state index contributed by atoms with van der Waals surface area (Å²) in [5.41, 5.74) is 1.06. The van der Waals surface area contributed by atoms with Crippen LogP contribution in [0, 0.1) is 0 Å². The van der Waals surface area contributed by atoms with Gasteiger partial charge in [0.2, 0.25) is 0 Å². The standard InChI is InChI=1S/C10H13NO3/c12-9(10(13)14)7-11-6-8-4-2-1-3-5-8/h1-5,9,11-12H,6-7H2,(H,13,14)/t9-/m0/s1. The predicted molar refractivity (Wildman–Crippen MR) is 51.8 cm³/mol. The van der Waals surface area contributed by atoms with Crippen LogP contribution in [0.3, 0.4) is 0 Å². The van der Waals surface area contributed by atoms with Crippen LogP contribution in [-0.2, 0) is 11.3 Å². The van der Waals surface area contributed by atoms with Gasteiger partial charge in [-0.25, -0.2) is 4.79 Å². The highest BCUT2D eigenvalue weighted by atomic mass is 16.4. The molecule has 4 heteroatoms. The Hall–Kier alpha value is -1.39. The zero-order valence-corrected chi connectivity index (χ0v) is 7.68. The van der Waals surface area contributed by atoms with Crippen LogP contribution in [0.2, 0.25) is 0 Å². The van der Waals surface area contributed by atoms with E-state index in [4.69, 9.17) is 10.2 Å². The number of aliphatic carboxylic acids is 1. The molecule has 0 heterocycles. The molecule has 0 bridgehead atoms. The summed E-state index contributed by atoms with van der Waals surface area (Å²) >= 11 is 0. The number of hydrogen-bond acceptors (Lipinski definition) is 3. The number of carbonyl (C=O) groups is 1. The zero-order chi connectivity index (χ0) is 10.4. The molecule has 0 fully saturated rings. The Bertz CT molecular complexity index is 287. The molecule has 1 aromatic rings. The molecule has 0 aliphatic rings. The van der Waals surface area contributed by atoms with Crippen LogP contribution in [0.5, 0.6) is 0 Å². The average Bonchev–Trinajstić information content (AvgIpc) is 2.19. The minimum atomic E-state index is -1.33. The highest BCUT2D eigenvalue weighted by Crippen LogP contribution is 1.96. The Balaban J connectivity index is 2.26. The van der Waals surface area contributed by atoms with E-state index in [1.165, 1.54) is 0 Å². The van der Waals surface area contributed by atoms with E-state index in [-0.39, 0.29) is 6.54 Å². The highest BCUT2D eigenvalue weighted by Gasteiger charge is 2.11. The van der Waals surface area contributed by atoms with Crippen molar-refractivity contribution in [3.63, 3.8) is 0 Å². The molecule has 0 spiro atoms. The first kappa shape index (κ1) is 10.7. The monoisotopic (exact) mass is 195 g/mol. The van der Waals surface area contributed by atoms with Crippen LogP contribution < -0.4 is 5.32 Å². The van der Waals surface area contributed by atoms with Gasteiger partial charge in [-0.2, -0.15) is 0 Å². The normalized spacial score (nSPS) is 12.4. The van der Waals surface area contributed by atoms with Gasteiger partial charge in [0.1, 0.15) is 0 Å². The predicted octanol–water partition coefficient (Wildman–Crippen LogP) is 0.222. The molecular formula is C10H13NO3. The van der Waals surface area contributed by atoms with Gasteiger partial charge in [-0.3, -0.25) is 0 Å². The van der Waals surface area contributed by atoms with Crippen molar-refractivity contribution in [3.8, 4) is 0 Å². The number of carboxylic acids is 1. The van der Waals surface area contributed by atoms with E-state index in [2.05, 4.69) is 5.32 Å². The second kappa shape index (κ2) is 5.36. The molecule has 0 radical (unpaired) electrons. The van der Waals surface area contributed by atoms with Crippen molar-refractivity contribution >= 4 is 5.97 Å². The summed E-state index contributed by atoms with van der Waals surface area (Å²) in [6, 6.07) is 9.59. The molecule has 0 amide bonds. The lowest BCUT2D eigenvalue weighted by molar-refractivity contribution is -0.146. The van der Waals surface area contributed by atoms with Gasteiger partial charge in [0, 0.05) is 13.1 Å². The van der Waals surface area contributed by atoms with Crippen molar-refractivity contribution in [2.45, 2.75) is 12.6 Å². The molecule has 0 saturated heterocycles. The fraction of sp³-hybridized carbons (Fsp3) is 0.300. The highest BCUT2D eigenvalue weighted by molar-refractivity contribution is 5.72. The number of rotatable bonds is 5. The summed E-state index contributed by atoms with van der Waals surface area (Å²) in [5.74, 6) is -1.20. The van der Waals surface area contributed by atoms with Crippen LogP contribution >= 0.6 is 0 Å². The van der Waals surface area contributed by atoms with E-state index >= 15 is 0 Å². The Morgan fingerprint density at radius 3 is 2.57 bits per heavy atom. The summed E-state index contributed by atoms with van der Waals surface area (Å²) in [6.45, 7) is 0.620. The maximum absolute atomic E-state index is 10.3. The van der Waals surface area contributed by atoms with Gasteiger partial charge in [0.25, 0.3) is 0 Å². The van der Waals surface area contributed by atoms with Crippen LogP contribution in [0.1, 0.15) is 5.56 Å². The fourth-order valence-corrected chi connectivity index (χ4v) is 1.04. The molecule has 0 aromatic heterocycles. The molecule has 1 aromatic carbocycles. The quantitative estimate of drug-likeness (QED) is 0.628. The van der Waals surface area contributed by atoms with Gasteiger partial charge in [-0.05, 0) is 5.56 Å². The maximum Gasteiger partial charge on any atom is 0.333 e. The van der Waals surface area contributed by atoms with E-state index in [0.717, 1.165) is 5.56 Å². The Morgan fingerprint density at radius 2 is 2.00 bits per heavy atom. The summed E-state index contributed by atoms with van der Waals surface area (Å²) in [4.78, 5) is 10.3. The van der Waals surface area contributed by atoms with Crippen molar-refractivity contribution < 1.29 is 15.0 Å². The third-order valence-electron chi connectivity index (χ3n) is 1.79. The first-order chi connectivity index (χ1) is 6.70.